The van der Waals surface area contributed by atoms with E-state index in [4.69, 9.17) is 0 Å². The van der Waals surface area contributed by atoms with Crippen molar-refractivity contribution in [1.29, 1.82) is 0 Å². The maximum absolute atomic E-state index is 14.3. The molecule has 32 heavy (non-hydrogen) atoms. The Labute approximate surface area is 183 Å². The summed E-state index contributed by atoms with van der Waals surface area (Å²) in [5.41, 5.74) is 2.26. The number of pyridine rings is 2. The molecule has 0 atom stereocenters. The Hall–Kier alpha value is -3.54. The normalized spacial score (nSPS) is 11.6. The second-order valence-corrected chi connectivity index (χ2v) is 8.08. The maximum atomic E-state index is 14.3. The number of hydrogen-bond acceptors (Lipinski definition) is 2. The van der Waals surface area contributed by atoms with Crippen molar-refractivity contribution >= 4 is 0 Å². The number of benzene rings is 2. The summed E-state index contributed by atoms with van der Waals surface area (Å²) in [7, 11) is 0. The van der Waals surface area contributed by atoms with Gasteiger partial charge in [-0.25, -0.2) is 17.6 Å². The zero-order chi connectivity index (χ0) is 22.9. The Morgan fingerprint density at radius 3 is 2.00 bits per heavy atom. The van der Waals surface area contributed by atoms with E-state index in [0.29, 0.717) is 28.3 Å². The van der Waals surface area contributed by atoms with E-state index in [1.165, 1.54) is 24.3 Å². The number of halogens is 4. The fourth-order valence-corrected chi connectivity index (χ4v) is 3.55. The van der Waals surface area contributed by atoms with Gasteiger partial charge in [0.1, 0.15) is 23.3 Å². The highest BCUT2D eigenvalue weighted by Crippen LogP contribution is 2.31. The standard InChI is InChI=1S/C26H20F4N2/c1-26(2,25-8-4-6-23(32-25)20-12-11-18(28)15-22(20)30)24-7-3-5-19(31-24)13-16-9-10-17(27)14-21(16)29/h3-12,14-15H,13H2,1-2H3. The molecule has 0 radical (unpaired) electrons. The molecule has 0 aliphatic rings. The van der Waals surface area contributed by atoms with E-state index in [-0.39, 0.29) is 12.0 Å². The van der Waals surface area contributed by atoms with Crippen LogP contribution in [0.15, 0.2) is 72.8 Å². The highest BCUT2D eigenvalue weighted by atomic mass is 19.1. The number of nitrogens with zero attached hydrogens (tertiary/aromatic N) is 2. The van der Waals surface area contributed by atoms with Crippen LogP contribution in [0.25, 0.3) is 11.3 Å². The summed E-state index contributed by atoms with van der Waals surface area (Å²) in [5, 5.41) is 0. The molecule has 0 spiro atoms. The van der Waals surface area contributed by atoms with E-state index in [2.05, 4.69) is 9.97 Å². The Morgan fingerprint density at radius 1 is 0.688 bits per heavy atom. The second-order valence-electron chi connectivity index (χ2n) is 8.08. The first-order valence-electron chi connectivity index (χ1n) is 10.1. The lowest BCUT2D eigenvalue weighted by molar-refractivity contribution is 0.572. The van der Waals surface area contributed by atoms with Gasteiger partial charge in [-0.3, -0.25) is 9.97 Å². The van der Waals surface area contributed by atoms with Crippen molar-refractivity contribution in [2.24, 2.45) is 0 Å². The van der Waals surface area contributed by atoms with E-state index in [9.17, 15) is 17.6 Å². The summed E-state index contributed by atoms with van der Waals surface area (Å²) < 4.78 is 54.8. The minimum absolute atomic E-state index is 0.206. The molecule has 162 valence electrons. The van der Waals surface area contributed by atoms with Crippen LogP contribution in [0.5, 0.6) is 0 Å². The lowest BCUT2D eigenvalue weighted by atomic mass is 9.84. The average molecular weight is 436 g/mol. The van der Waals surface area contributed by atoms with Crippen LogP contribution in [0.4, 0.5) is 17.6 Å². The summed E-state index contributed by atoms with van der Waals surface area (Å²) >= 11 is 0. The smallest absolute Gasteiger partial charge is 0.135 e. The summed E-state index contributed by atoms with van der Waals surface area (Å²) in [4.78, 5) is 9.30. The maximum Gasteiger partial charge on any atom is 0.135 e. The zero-order valence-electron chi connectivity index (χ0n) is 17.5. The molecule has 0 amide bonds. The summed E-state index contributed by atoms with van der Waals surface area (Å²) in [6, 6.07) is 17.6. The van der Waals surface area contributed by atoms with Crippen molar-refractivity contribution in [3.63, 3.8) is 0 Å². The summed E-state index contributed by atoms with van der Waals surface area (Å²) in [6.45, 7) is 3.87. The highest BCUT2D eigenvalue weighted by Gasteiger charge is 2.27. The largest absolute Gasteiger partial charge is 0.257 e. The molecule has 4 aromatic rings. The van der Waals surface area contributed by atoms with Crippen molar-refractivity contribution < 1.29 is 17.6 Å². The third-order valence-electron chi connectivity index (χ3n) is 5.43. The van der Waals surface area contributed by atoms with Gasteiger partial charge < -0.3 is 0 Å². The molecule has 0 aliphatic carbocycles. The SMILES string of the molecule is CC(C)(c1cccc(Cc2ccc(F)cc2F)n1)c1cccc(-c2ccc(F)cc2F)n1. The van der Waals surface area contributed by atoms with Gasteiger partial charge in [0.05, 0.1) is 17.1 Å². The summed E-state index contributed by atoms with van der Waals surface area (Å²) in [5.74, 6) is -2.58. The fourth-order valence-electron chi connectivity index (χ4n) is 3.55. The molecule has 0 unspecified atom stereocenters. The first kappa shape index (κ1) is 21.7. The molecule has 0 bridgehead atoms. The number of aromatic nitrogens is 2. The van der Waals surface area contributed by atoms with Crippen molar-refractivity contribution in [2.75, 3.05) is 0 Å². The molecule has 6 heteroatoms. The van der Waals surface area contributed by atoms with E-state index in [1.54, 1.807) is 18.2 Å². The molecule has 2 nitrogen and oxygen atoms in total. The van der Waals surface area contributed by atoms with Crippen LogP contribution >= 0.6 is 0 Å². The molecule has 0 saturated carbocycles. The fraction of sp³-hybridized carbons (Fsp3) is 0.154. The van der Waals surface area contributed by atoms with Gasteiger partial charge in [0.25, 0.3) is 0 Å². The minimum Gasteiger partial charge on any atom is -0.257 e. The van der Waals surface area contributed by atoms with Crippen LogP contribution in [0, 0.1) is 23.3 Å². The molecule has 2 aromatic carbocycles. The molecule has 0 N–H and O–H groups in total. The van der Waals surface area contributed by atoms with Crippen LogP contribution in [0.1, 0.15) is 36.5 Å². The van der Waals surface area contributed by atoms with Crippen LogP contribution in [0.3, 0.4) is 0 Å². The third kappa shape index (κ3) is 4.40. The van der Waals surface area contributed by atoms with E-state index in [1.807, 2.05) is 32.0 Å². The Morgan fingerprint density at radius 2 is 1.31 bits per heavy atom. The topological polar surface area (TPSA) is 25.8 Å². The van der Waals surface area contributed by atoms with Gasteiger partial charge in [-0.2, -0.15) is 0 Å². The Balaban J connectivity index is 1.67. The van der Waals surface area contributed by atoms with Gasteiger partial charge in [-0.15, -0.1) is 0 Å². The van der Waals surface area contributed by atoms with E-state index >= 15 is 0 Å². The first-order valence-corrected chi connectivity index (χ1v) is 10.1. The minimum atomic E-state index is -0.686. The number of hydrogen-bond donors (Lipinski definition) is 0. The van der Waals surface area contributed by atoms with Gasteiger partial charge in [-0.1, -0.05) is 18.2 Å². The summed E-state index contributed by atoms with van der Waals surface area (Å²) in [6.07, 6.45) is 0.213. The highest BCUT2D eigenvalue weighted by molar-refractivity contribution is 5.60. The van der Waals surface area contributed by atoms with Crippen LogP contribution in [-0.4, -0.2) is 9.97 Å². The molecule has 0 fully saturated rings. The lowest BCUT2D eigenvalue weighted by Gasteiger charge is -2.25. The van der Waals surface area contributed by atoms with Gasteiger partial charge in [0, 0.05) is 35.2 Å². The van der Waals surface area contributed by atoms with Gasteiger partial charge in [-0.05, 0) is 61.9 Å². The van der Waals surface area contributed by atoms with Crippen molar-refractivity contribution in [1.82, 2.24) is 9.97 Å². The molecule has 2 heterocycles. The van der Waals surface area contributed by atoms with Gasteiger partial charge in [0.2, 0.25) is 0 Å². The van der Waals surface area contributed by atoms with E-state index in [0.717, 1.165) is 12.1 Å². The Kier molecular flexibility index (Phi) is 5.78. The zero-order valence-corrected chi connectivity index (χ0v) is 17.5. The van der Waals surface area contributed by atoms with Crippen LogP contribution in [-0.2, 0) is 11.8 Å². The number of rotatable bonds is 5. The van der Waals surface area contributed by atoms with Crippen molar-refractivity contribution in [3.8, 4) is 11.3 Å². The predicted octanol–water partition coefficient (Wildman–Crippen LogP) is 6.62. The second kappa shape index (κ2) is 8.54. The monoisotopic (exact) mass is 436 g/mol. The van der Waals surface area contributed by atoms with Crippen LogP contribution in [0.2, 0.25) is 0 Å². The van der Waals surface area contributed by atoms with Crippen molar-refractivity contribution in [2.45, 2.75) is 25.7 Å². The van der Waals surface area contributed by atoms with E-state index < -0.39 is 28.7 Å². The van der Waals surface area contributed by atoms with Crippen LogP contribution < -0.4 is 0 Å². The lowest BCUT2D eigenvalue weighted by Crippen LogP contribution is -2.23. The molecular weight excluding hydrogens is 416 g/mol. The molecule has 4 rings (SSSR count). The molecule has 0 aliphatic heterocycles. The molecular formula is C26H20F4N2. The quantitative estimate of drug-likeness (QED) is 0.329. The van der Waals surface area contributed by atoms with Gasteiger partial charge in [0.15, 0.2) is 0 Å². The third-order valence-corrected chi connectivity index (χ3v) is 5.43. The van der Waals surface area contributed by atoms with Crippen molar-refractivity contribution in [3.05, 3.63) is 119 Å². The average Bonchev–Trinajstić information content (AvgIpc) is 2.76. The first-order chi connectivity index (χ1) is 15.2. The molecule has 0 saturated heterocycles. The Bertz CT molecular complexity index is 1280. The molecule has 2 aromatic heterocycles. The van der Waals surface area contributed by atoms with Gasteiger partial charge >= 0.3 is 0 Å². The predicted molar refractivity (Wildman–Crippen MR) is 115 cm³/mol.